The van der Waals surface area contributed by atoms with Gasteiger partial charge in [-0.2, -0.15) is 4.31 Å². The molecule has 0 N–H and O–H groups in total. The Kier molecular flexibility index (Phi) is 7.06. The van der Waals surface area contributed by atoms with Crippen molar-refractivity contribution in [1.82, 2.24) is 4.31 Å². The molecule has 0 aromatic heterocycles. The van der Waals surface area contributed by atoms with Gasteiger partial charge in [0, 0.05) is 19.5 Å². The van der Waals surface area contributed by atoms with Gasteiger partial charge in [-0.1, -0.05) is 91.0 Å². The molecule has 1 aliphatic heterocycles. The molecule has 1 atom stereocenters. The van der Waals surface area contributed by atoms with Gasteiger partial charge in [-0.25, -0.2) is 8.42 Å². The predicted molar refractivity (Wildman–Crippen MR) is 131 cm³/mol. The molecule has 0 spiro atoms. The number of carbonyl (C=O) groups is 1. The van der Waals surface area contributed by atoms with Crippen molar-refractivity contribution in [3.8, 4) is 11.1 Å². The van der Waals surface area contributed by atoms with Crippen LogP contribution in [0.25, 0.3) is 16.7 Å². The van der Waals surface area contributed by atoms with E-state index in [4.69, 9.17) is 4.74 Å². The van der Waals surface area contributed by atoms with E-state index in [-0.39, 0.29) is 13.0 Å². The fraction of sp³-hybridized carbons (Fsp3) is 0.222. The van der Waals surface area contributed by atoms with Gasteiger partial charge in [0.1, 0.15) is 0 Å². The summed E-state index contributed by atoms with van der Waals surface area (Å²) < 4.78 is 32.9. The van der Waals surface area contributed by atoms with Crippen LogP contribution in [0.5, 0.6) is 0 Å². The van der Waals surface area contributed by atoms with E-state index in [1.54, 1.807) is 0 Å². The molecular weight excluding hydrogens is 434 g/mol. The number of ether oxygens (including phenoxy) is 1. The summed E-state index contributed by atoms with van der Waals surface area (Å²) in [5.41, 5.74) is 5.27. The highest BCUT2D eigenvalue weighted by molar-refractivity contribution is 7.90. The van der Waals surface area contributed by atoms with Crippen LogP contribution in [0.2, 0.25) is 0 Å². The van der Waals surface area contributed by atoms with Gasteiger partial charge in [0.15, 0.2) is 5.25 Å². The Labute approximate surface area is 195 Å². The van der Waals surface area contributed by atoms with E-state index in [1.165, 1.54) is 11.4 Å². The lowest BCUT2D eigenvalue weighted by Gasteiger charge is -2.29. The average Bonchev–Trinajstić information content (AvgIpc) is 2.88. The molecule has 3 aromatic carbocycles. The lowest BCUT2D eigenvalue weighted by molar-refractivity contribution is -0.140. The minimum absolute atomic E-state index is 0.0872. The van der Waals surface area contributed by atoms with E-state index in [0.29, 0.717) is 13.0 Å². The largest absolute Gasteiger partial charge is 0.468 e. The number of rotatable bonds is 7. The second-order valence-corrected chi connectivity index (χ2v) is 10.1. The lowest BCUT2D eigenvalue weighted by Crippen LogP contribution is -2.45. The van der Waals surface area contributed by atoms with Gasteiger partial charge in [-0.15, -0.1) is 0 Å². The van der Waals surface area contributed by atoms with E-state index >= 15 is 0 Å². The number of hydrogen-bond acceptors (Lipinski definition) is 4. The third-order valence-corrected chi connectivity index (χ3v) is 8.11. The topological polar surface area (TPSA) is 63.7 Å². The maximum absolute atomic E-state index is 13.3. The zero-order valence-corrected chi connectivity index (χ0v) is 19.4. The molecule has 0 saturated heterocycles. The summed E-state index contributed by atoms with van der Waals surface area (Å²) in [6.45, 7) is 0.567. The normalized spacial score (nSPS) is 15.5. The molecule has 170 valence electrons. The molecule has 6 heteroatoms. The van der Waals surface area contributed by atoms with E-state index in [1.807, 2.05) is 54.6 Å². The first-order valence-electron chi connectivity index (χ1n) is 10.9. The molecule has 0 radical (unpaired) electrons. The van der Waals surface area contributed by atoms with Crippen LogP contribution >= 0.6 is 0 Å². The van der Waals surface area contributed by atoms with Crippen molar-refractivity contribution in [2.24, 2.45) is 0 Å². The van der Waals surface area contributed by atoms with Gasteiger partial charge in [-0.05, 0) is 34.2 Å². The van der Waals surface area contributed by atoms with Crippen LogP contribution in [-0.4, -0.2) is 44.1 Å². The minimum atomic E-state index is -3.87. The molecule has 0 amide bonds. The van der Waals surface area contributed by atoms with Crippen LogP contribution in [-0.2, 0) is 26.0 Å². The summed E-state index contributed by atoms with van der Waals surface area (Å²) in [6, 6.07) is 27.6. The molecule has 4 rings (SSSR count). The number of hydrogen-bond donors (Lipinski definition) is 0. The summed E-state index contributed by atoms with van der Waals surface area (Å²) in [5, 5.41) is -1.26. The summed E-state index contributed by atoms with van der Waals surface area (Å²) in [7, 11) is -2.64. The number of nitrogens with zero attached hydrogens (tertiary/aromatic N) is 1. The Balaban J connectivity index is 1.50. The summed E-state index contributed by atoms with van der Waals surface area (Å²) in [6.07, 6.45) is 2.61. The number of esters is 1. The maximum atomic E-state index is 13.3. The second kappa shape index (κ2) is 10.1. The van der Waals surface area contributed by atoms with Crippen molar-refractivity contribution in [1.29, 1.82) is 0 Å². The van der Waals surface area contributed by atoms with E-state index < -0.39 is 21.2 Å². The van der Waals surface area contributed by atoms with Gasteiger partial charge in [0.25, 0.3) is 0 Å². The van der Waals surface area contributed by atoms with Crippen molar-refractivity contribution in [2.45, 2.75) is 18.1 Å². The molecule has 33 heavy (non-hydrogen) atoms. The highest BCUT2D eigenvalue weighted by Crippen LogP contribution is 2.28. The molecule has 0 saturated carbocycles. The number of benzene rings is 3. The second-order valence-electron chi connectivity index (χ2n) is 8.03. The number of sulfonamides is 1. The first-order valence-corrected chi connectivity index (χ1v) is 12.4. The molecule has 0 unspecified atom stereocenters. The maximum Gasteiger partial charge on any atom is 0.325 e. The van der Waals surface area contributed by atoms with Gasteiger partial charge >= 0.3 is 5.97 Å². The predicted octanol–water partition coefficient (Wildman–Crippen LogP) is 4.56. The van der Waals surface area contributed by atoms with Crippen LogP contribution in [0.3, 0.4) is 0 Å². The Bertz CT molecular complexity index is 1220. The third-order valence-electron chi connectivity index (χ3n) is 5.98. The Morgan fingerprint density at radius 3 is 2.03 bits per heavy atom. The monoisotopic (exact) mass is 461 g/mol. The van der Waals surface area contributed by atoms with Gasteiger partial charge < -0.3 is 4.74 Å². The van der Waals surface area contributed by atoms with Crippen molar-refractivity contribution in [2.75, 3.05) is 20.2 Å². The average molecular weight is 462 g/mol. The Morgan fingerprint density at radius 1 is 0.879 bits per heavy atom. The van der Waals surface area contributed by atoms with Gasteiger partial charge in [0.2, 0.25) is 10.0 Å². The fourth-order valence-electron chi connectivity index (χ4n) is 4.10. The molecule has 0 aliphatic carbocycles. The number of carbonyl (C=O) groups excluding carboxylic acids is 1. The zero-order valence-electron chi connectivity index (χ0n) is 18.6. The van der Waals surface area contributed by atoms with Crippen LogP contribution < -0.4 is 0 Å². The van der Waals surface area contributed by atoms with Gasteiger partial charge in [-0.3, -0.25) is 4.79 Å². The van der Waals surface area contributed by atoms with Crippen molar-refractivity contribution < 1.29 is 17.9 Å². The number of methoxy groups -OCH3 is 1. The minimum Gasteiger partial charge on any atom is -0.468 e. The smallest absolute Gasteiger partial charge is 0.325 e. The fourth-order valence-corrected chi connectivity index (χ4v) is 5.83. The van der Waals surface area contributed by atoms with E-state index in [0.717, 1.165) is 27.8 Å². The van der Waals surface area contributed by atoms with Gasteiger partial charge in [0.05, 0.1) is 7.11 Å². The van der Waals surface area contributed by atoms with E-state index in [2.05, 4.69) is 36.4 Å². The first-order chi connectivity index (χ1) is 16.0. The highest BCUT2D eigenvalue weighted by atomic mass is 32.2. The van der Waals surface area contributed by atoms with Crippen LogP contribution in [0, 0.1) is 0 Å². The molecule has 3 aromatic rings. The highest BCUT2D eigenvalue weighted by Gasteiger charge is 2.38. The van der Waals surface area contributed by atoms with Crippen molar-refractivity contribution >= 4 is 21.6 Å². The SMILES string of the molecule is COC(=O)[C@H](Cc1ccccc1)S(=O)(=O)N1CC=C(c2ccc(-c3ccccc3)cc2)CC1. The molecule has 1 heterocycles. The zero-order chi connectivity index (χ0) is 23.3. The molecule has 0 fully saturated rings. The van der Waals surface area contributed by atoms with Crippen LogP contribution in [0.4, 0.5) is 0 Å². The first kappa shape index (κ1) is 23.0. The standard InChI is InChI=1S/C27H27NO4S/c1-32-27(29)26(20-21-8-4-2-5-9-21)33(30,31)28-18-16-25(17-19-28)24-14-12-23(13-15-24)22-10-6-3-7-11-22/h2-16,26H,17-20H2,1H3/t26-/m0/s1. The Hall–Kier alpha value is -3.22. The molecule has 1 aliphatic rings. The van der Waals surface area contributed by atoms with Crippen molar-refractivity contribution in [3.05, 3.63) is 102 Å². The lowest BCUT2D eigenvalue weighted by atomic mass is 9.97. The third kappa shape index (κ3) is 5.24. The van der Waals surface area contributed by atoms with Crippen LogP contribution in [0.1, 0.15) is 17.5 Å². The summed E-state index contributed by atoms with van der Waals surface area (Å²) in [5.74, 6) is -0.731. The van der Waals surface area contributed by atoms with Crippen LogP contribution in [0.15, 0.2) is 91.0 Å². The molecular formula is C27H27NO4S. The molecule has 5 nitrogen and oxygen atoms in total. The summed E-state index contributed by atoms with van der Waals surface area (Å²) >= 11 is 0. The van der Waals surface area contributed by atoms with E-state index in [9.17, 15) is 13.2 Å². The Morgan fingerprint density at radius 2 is 1.45 bits per heavy atom. The van der Waals surface area contributed by atoms with Crippen molar-refractivity contribution in [3.63, 3.8) is 0 Å². The quantitative estimate of drug-likeness (QED) is 0.484. The summed E-state index contributed by atoms with van der Waals surface area (Å²) in [4.78, 5) is 12.4. The molecule has 0 bridgehead atoms.